The maximum absolute atomic E-state index is 14.8. The van der Waals surface area contributed by atoms with Crippen molar-refractivity contribution in [1.82, 2.24) is 24.4 Å². The topological polar surface area (TPSA) is 49.1 Å². The summed E-state index contributed by atoms with van der Waals surface area (Å²) in [6.45, 7) is 5.73. The molecule has 0 aliphatic carbocycles. The van der Waals surface area contributed by atoms with Crippen LogP contribution < -0.4 is 9.64 Å². The summed E-state index contributed by atoms with van der Waals surface area (Å²) in [4.78, 5) is 12.3. The van der Waals surface area contributed by atoms with Gasteiger partial charge in [-0.1, -0.05) is 6.42 Å². The van der Waals surface area contributed by atoms with E-state index in [0.717, 1.165) is 32.0 Å². The summed E-state index contributed by atoms with van der Waals surface area (Å²) in [6.07, 6.45) is 7.47. The van der Waals surface area contributed by atoms with Gasteiger partial charge in [-0.3, -0.25) is 9.80 Å². The maximum atomic E-state index is 14.8. The first-order valence-corrected chi connectivity index (χ1v) is 11.6. The molecule has 3 aromatic rings. The van der Waals surface area contributed by atoms with Crippen LogP contribution in [0.3, 0.4) is 0 Å². The normalized spacial score (nSPS) is 24.6. The van der Waals surface area contributed by atoms with E-state index in [1.807, 2.05) is 12.3 Å². The molecule has 3 aliphatic heterocycles. The Kier molecular flexibility index (Phi) is 4.99. The molecule has 3 aliphatic rings. The molecule has 0 radical (unpaired) electrons. The molecule has 2 atom stereocenters. The fraction of sp³-hybridized carbons (Fsp3) is 0.500. The minimum atomic E-state index is -0.296. The molecule has 0 N–H and O–H groups in total. The predicted octanol–water partition coefficient (Wildman–Crippen LogP) is 2.90. The Balaban J connectivity index is 1.40. The minimum absolute atomic E-state index is 0.296. The summed E-state index contributed by atoms with van der Waals surface area (Å²) in [5.74, 6) is 1.26. The second kappa shape index (κ2) is 8.01. The molecule has 0 spiro atoms. The van der Waals surface area contributed by atoms with Gasteiger partial charge in [0.15, 0.2) is 5.65 Å². The molecule has 2 aromatic heterocycles. The number of hydrogen-bond donors (Lipinski definition) is 0. The Hall–Kier alpha value is -2.71. The standard InChI is InChI=1S/C24H29FN6O/c1-28-10-11-30-14-17-4-2-3-8-29(17)15-18(30)16-32-19-5-6-22(25)20(12-19)21-13-26-31-9-7-23(28)27-24(21)31/h5-7,9,12-13,17-18H,2-4,8,10-11,14-16H2,1H3/t17-,18+/m1/s1. The molecule has 2 saturated heterocycles. The number of piperazine rings is 1. The van der Waals surface area contributed by atoms with Crippen LogP contribution in [-0.2, 0) is 0 Å². The summed E-state index contributed by atoms with van der Waals surface area (Å²) in [6, 6.07) is 7.92. The Bertz CT molecular complexity index is 1130. The number of halogens is 1. The van der Waals surface area contributed by atoms with Crippen molar-refractivity contribution in [1.29, 1.82) is 0 Å². The van der Waals surface area contributed by atoms with Gasteiger partial charge in [0.05, 0.1) is 12.2 Å². The van der Waals surface area contributed by atoms with Crippen LogP contribution >= 0.6 is 0 Å². The Morgan fingerprint density at radius 2 is 1.88 bits per heavy atom. The number of benzene rings is 1. The lowest BCUT2D eigenvalue weighted by molar-refractivity contribution is -0.00571. The van der Waals surface area contributed by atoms with Crippen LogP contribution in [0.1, 0.15) is 19.3 Å². The lowest BCUT2D eigenvalue weighted by atomic mass is 9.97. The first-order chi connectivity index (χ1) is 15.7. The van der Waals surface area contributed by atoms with Gasteiger partial charge in [-0.2, -0.15) is 5.10 Å². The lowest BCUT2D eigenvalue weighted by Gasteiger charge is -2.48. The van der Waals surface area contributed by atoms with E-state index in [0.29, 0.717) is 41.2 Å². The van der Waals surface area contributed by atoms with E-state index in [2.05, 4.69) is 26.8 Å². The molecule has 5 heterocycles. The summed E-state index contributed by atoms with van der Waals surface area (Å²) in [5.41, 5.74) is 1.80. The van der Waals surface area contributed by atoms with Crippen molar-refractivity contribution in [3.05, 3.63) is 42.5 Å². The second-order valence-electron chi connectivity index (χ2n) is 9.28. The van der Waals surface area contributed by atoms with Crippen molar-refractivity contribution < 1.29 is 9.13 Å². The summed E-state index contributed by atoms with van der Waals surface area (Å²) >= 11 is 0. The molecular weight excluding hydrogens is 407 g/mol. The number of likely N-dealkylation sites (N-methyl/N-ethyl adjacent to an activating group) is 1. The second-order valence-corrected chi connectivity index (χ2v) is 9.28. The number of fused-ring (bicyclic) bond motifs is 6. The van der Waals surface area contributed by atoms with Crippen molar-refractivity contribution in [3.8, 4) is 16.9 Å². The summed E-state index contributed by atoms with van der Waals surface area (Å²) in [7, 11) is 2.07. The highest BCUT2D eigenvalue weighted by molar-refractivity contribution is 5.78. The van der Waals surface area contributed by atoms with Gasteiger partial charge in [0.25, 0.3) is 0 Å². The van der Waals surface area contributed by atoms with Gasteiger partial charge in [0.1, 0.15) is 24.0 Å². The SMILES string of the molecule is CN1CCN2C[C@H]3CCCCN3C[C@H]2COc2ccc(F)c(c2)-c2cnn3ccc1nc23. The molecule has 6 rings (SSSR count). The van der Waals surface area contributed by atoms with Gasteiger partial charge < -0.3 is 9.64 Å². The molecule has 2 fully saturated rings. The monoisotopic (exact) mass is 436 g/mol. The smallest absolute Gasteiger partial charge is 0.165 e. The van der Waals surface area contributed by atoms with Crippen LogP contribution in [0, 0.1) is 5.82 Å². The molecule has 168 valence electrons. The Labute approximate surface area is 187 Å². The van der Waals surface area contributed by atoms with Gasteiger partial charge in [-0.25, -0.2) is 13.9 Å². The maximum Gasteiger partial charge on any atom is 0.165 e. The molecule has 7 nitrogen and oxygen atoms in total. The number of anilines is 1. The average molecular weight is 437 g/mol. The zero-order valence-electron chi connectivity index (χ0n) is 18.5. The van der Waals surface area contributed by atoms with Gasteiger partial charge in [0, 0.05) is 56.6 Å². The van der Waals surface area contributed by atoms with Crippen LogP contribution in [0.15, 0.2) is 36.7 Å². The van der Waals surface area contributed by atoms with Crippen LogP contribution in [0.4, 0.5) is 10.2 Å². The van der Waals surface area contributed by atoms with E-state index in [1.54, 1.807) is 22.8 Å². The van der Waals surface area contributed by atoms with Gasteiger partial charge in [0.2, 0.25) is 0 Å². The van der Waals surface area contributed by atoms with Crippen molar-refractivity contribution in [2.75, 3.05) is 51.3 Å². The largest absolute Gasteiger partial charge is 0.492 e. The number of piperidine rings is 1. The molecule has 1 aromatic carbocycles. The highest BCUT2D eigenvalue weighted by atomic mass is 19.1. The van der Waals surface area contributed by atoms with E-state index >= 15 is 0 Å². The van der Waals surface area contributed by atoms with Crippen LogP contribution in [-0.4, -0.2) is 82.9 Å². The third-order valence-corrected chi connectivity index (χ3v) is 7.29. The molecule has 0 unspecified atom stereocenters. The van der Waals surface area contributed by atoms with Crippen molar-refractivity contribution in [3.63, 3.8) is 0 Å². The van der Waals surface area contributed by atoms with E-state index in [9.17, 15) is 4.39 Å². The molecule has 0 saturated carbocycles. The number of hydrogen-bond acceptors (Lipinski definition) is 6. The molecule has 0 amide bonds. The first kappa shape index (κ1) is 19.9. The first-order valence-electron chi connectivity index (χ1n) is 11.6. The summed E-state index contributed by atoms with van der Waals surface area (Å²) in [5, 5.41) is 4.39. The molecule has 32 heavy (non-hydrogen) atoms. The number of ether oxygens (including phenoxy) is 1. The number of rotatable bonds is 0. The zero-order valence-corrected chi connectivity index (χ0v) is 18.5. The zero-order chi connectivity index (χ0) is 21.7. The van der Waals surface area contributed by atoms with Crippen molar-refractivity contribution in [2.24, 2.45) is 0 Å². The van der Waals surface area contributed by atoms with Gasteiger partial charge >= 0.3 is 0 Å². The summed E-state index contributed by atoms with van der Waals surface area (Å²) < 4.78 is 22.8. The third-order valence-electron chi connectivity index (χ3n) is 7.29. The molecular formula is C24H29FN6O. The van der Waals surface area contributed by atoms with E-state index in [1.165, 1.54) is 31.9 Å². The average Bonchev–Trinajstić information content (AvgIpc) is 3.24. The van der Waals surface area contributed by atoms with Crippen LogP contribution in [0.5, 0.6) is 5.75 Å². The van der Waals surface area contributed by atoms with Gasteiger partial charge in [-0.15, -0.1) is 0 Å². The van der Waals surface area contributed by atoms with Crippen molar-refractivity contribution >= 4 is 11.5 Å². The number of nitrogens with zero attached hydrogens (tertiary/aromatic N) is 6. The van der Waals surface area contributed by atoms with E-state index in [-0.39, 0.29) is 5.82 Å². The Morgan fingerprint density at radius 3 is 2.81 bits per heavy atom. The number of aromatic nitrogens is 3. The van der Waals surface area contributed by atoms with E-state index < -0.39 is 0 Å². The fourth-order valence-electron chi connectivity index (χ4n) is 5.39. The highest BCUT2D eigenvalue weighted by Gasteiger charge is 2.35. The lowest BCUT2D eigenvalue weighted by Crippen LogP contribution is -2.61. The van der Waals surface area contributed by atoms with Crippen LogP contribution in [0.2, 0.25) is 0 Å². The predicted molar refractivity (Wildman–Crippen MR) is 122 cm³/mol. The highest BCUT2D eigenvalue weighted by Crippen LogP contribution is 2.31. The van der Waals surface area contributed by atoms with Crippen molar-refractivity contribution in [2.45, 2.75) is 31.3 Å². The van der Waals surface area contributed by atoms with E-state index in [4.69, 9.17) is 9.72 Å². The minimum Gasteiger partial charge on any atom is -0.492 e. The quantitative estimate of drug-likeness (QED) is 0.540. The molecule has 4 bridgehead atoms. The Morgan fingerprint density at radius 1 is 1.00 bits per heavy atom. The van der Waals surface area contributed by atoms with Crippen LogP contribution in [0.25, 0.3) is 16.8 Å². The fourth-order valence-corrected chi connectivity index (χ4v) is 5.39. The van der Waals surface area contributed by atoms with Gasteiger partial charge in [-0.05, 0) is 43.7 Å². The molecule has 8 heteroatoms. The third kappa shape index (κ3) is 3.51.